The highest BCUT2D eigenvalue weighted by molar-refractivity contribution is 7.91. The fourth-order valence-electron chi connectivity index (χ4n) is 2.41. The third-order valence-corrected chi connectivity index (χ3v) is 4.94. The largest absolute Gasteiger partial charge is 0.347 e. The first-order chi connectivity index (χ1) is 7.73. The van der Waals surface area contributed by atoms with Crippen LogP contribution in [0.5, 0.6) is 0 Å². The molecule has 0 spiro atoms. The Balaban J connectivity index is 2.65. The Morgan fingerprint density at radius 1 is 1.35 bits per heavy atom. The fraction of sp³-hybridized carbons (Fsp3) is 0.909. The maximum atomic E-state index is 11.7. The number of nitrogens with one attached hydrogen (secondary N) is 1. The molecule has 0 radical (unpaired) electrons. The molecule has 1 N–H and O–H groups in total. The smallest absolute Gasteiger partial charge is 0.238 e. The van der Waals surface area contributed by atoms with Gasteiger partial charge in [0.05, 0.1) is 11.3 Å². The second-order valence-electron chi connectivity index (χ2n) is 5.03. The topological polar surface area (TPSA) is 66.5 Å². The molecule has 0 aromatic rings. The quantitative estimate of drug-likeness (QED) is 0.775. The number of likely N-dealkylation sites (N-methyl/N-ethyl adjacent to an activating group) is 1. The van der Waals surface area contributed by atoms with Crippen molar-refractivity contribution in [1.82, 2.24) is 10.2 Å². The van der Waals surface area contributed by atoms with Gasteiger partial charge in [-0.3, -0.25) is 4.79 Å². The minimum absolute atomic E-state index is 0.0239. The van der Waals surface area contributed by atoms with Crippen molar-refractivity contribution in [2.45, 2.75) is 43.5 Å². The van der Waals surface area contributed by atoms with E-state index in [-0.39, 0.29) is 23.2 Å². The summed E-state index contributed by atoms with van der Waals surface area (Å²) in [5.74, 6) is -0.0239. The van der Waals surface area contributed by atoms with Crippen LogP contribution in [0.1, 0.15) is 26.2 Å². The van der Waals surface area contributed by atoms with E-state index in [4.69, 9.17) is 0 Å². The number of carbonyl (C=O) groups excluding carboxylic acids is 1. The van der Waals surface area contributed by atoms with Gasteiger partial charge in [-0.15, -0.1) is 0 Å². The molecule has 0 aromatic heterocycles. The summed E-state index contributed by atoms with van der Waals surface area (Å²) in [6, 6.07) is -0.429. The summed E-state index contributed by atoms with van der Waals surface area (Å²) in [5, 5.41) is 2.80. The summed E-state index contributed by atoms with van der Waals surface area (Å²) in [4.78, 5) is 13.2. The number of rotatable bonds is 4. The first-order valence-electron chi connectivity index (χ1n) is 5.89. The van der Waals surface area contributed by atoms with E-state index >= 15 is 0 Å². The second-order valence-corrected chi connectivity index (χ2v) is 7.29. The van der Waals surface area contributed by atoms with E-state index in [1.807, 2.05) is 0 Å². The van der Waals surface area contributed by atoms with Crippen molar-refractivity contribution < 1.29 is 13.2 Å². The van der Waals surface area contributed by atoms with E-state index in [2.05, 4.69) is 5.32 Å². The van der Waals surface area contributed by atoms with Crippen LogP contribution >= 0.6 is 0 Å². The van der Waals surface area contributed by atoms with Crippen LogP contribution in [0.25, 0.3) is 0 Å². The summed E-state index contributed by atoms with van der Waals surface area (Å²) in [5.41, 5.74) is 0. The van der Waals surface area contributed by atoms with Crippen LogP contribution < -0.4 is 5.32 Å². The van der Waals surface area contributed by atoms with E-state index in [0.717, 1.165) is 12.8 Å². The highest BCUT2D eigenvalue weighted by Gasteiger charge is 2.36. The maximum Gasteiger partial charge on any atom is 0.238 e. The Morgan fingerprint density at radius 3 is 2.41 bits per heavy atom. The molecule has 1 aliphatic carbocycles. The lowest BCUT2D eigenvalue weighted by molar-refractivity contribution is -0.130. The van der Waals surface area contributed by atoms with Crippen molar-refractivity contribution in [3.05, 3.63) is 0 Å². The van der Waals surface area contributed by atoms with Crippen molar-refractivity contribution in [2.24, 2.45) is 0 Å². The van der Waals surface area contributed by atoms with Crippen molar-refractivity contribution >= 4 is 15.7 Å². The van der Waals surface area contributed by atoms with Gasteiger partial charge in [0.2, 0.25) is 5.91 Å². The van der Waals surface area contributed by atoms with Gasteiger partial charge in [0.25, 0.3) is 0 Å². The van der Waals surface area contributed by atoms with E-state index in [0.29, 0.717) is 6.42 Å². The average molecular weight is 262 g/mol. The maximum absolute atomic E-state index is 11.7. The van der Waals surface area contributed by atoms with Gasteiger partial charge < -0.3 is 10.2 Å². The minimum atomic E-state index is -3.03. The summed E-state index contributed by atoms with van der Waals surface area (Å²) >= 11 is 0. The van der Waals surface area contributed by atoms with Gasteiger partial charge >= 0.3 is 0 Å². The number of sulfone groups is 1. The number of hydrogen-bond acceptors (Lipinski definition) is 4. The van der Waals surface area contributed by atoms with Crippen LogP contribution in [0, 0.1) is 0 Å². The molecule has 3 unspecified atom stereocenters. The van der Waals surface area contributed by atoms with Gasteiger partial charge in [-0.25, -0.2) is 8.42 Å². The van der Waals surface area contributed by atoms with E-state index in [1.165, 1.54) is 11.2 Å². The highest BCUT2D eigenvalue weighted by Crippen LogP contribution is 2.25. The second kappa shape index (κ2) is 5.35. The summed E-state index contributed by atoms with van der Waals surface area (Å²) < 4.78 is 23.2. The molecule has 0 bridgehead atoms. The number of hydrogen-bond donors (Lipinski definition) is 1. The molecule has 1 saturated carbocycles. The Bertz CT molecular complexity index is 378. The molecule has 1 rings (SSSR count). The first kappa shape index (κ1) is 14.4. The molecule has 1 fully saturated rings. The van der Waals surface area contributed by atoms with Crippen LogP contribution in [0.3, 0.4) is 0 Å². The summed E-state index contributed by atoms with van der Waals surface area (Å²) in [7, 11) is 0.365. The van der Waals surface area contributed by atoms with Crippen molar-refractivity contribution in [3.63, 3.8) is 0 Å². The van der Waals surface area contributed by atoms with Gasteiger partial charge in [-0.05, 0) is 19.8 Å². The van der Waals surface area contributed by atoms with Gasteiger partial charge in [-0.2, -0.15) is 0 Å². The van der Waals surface area contributed by atoms with E-state index in [9.17, 15) is 13.2 Å². The zero-order valence-electron chi connectivity index (χ0n) is 10.9. The standard InChI is InChI=1S/C11H22N2O3S/c1-8(11(14)13(2)3)12-9-6-5-7-10(9)17(4,15)16/h8-10,12H,5-7H2,1-4H3. The molecule has 17 heavy (non-hydrogen) atoms. The zero-order chi connectivity index (χ0) is 13.2. The SMILES string of the molecule is CC(NC1CCCC1S(C)(=O)=O)C(=O)N(C)C. The van der Waals surface area contributed by atoms with E-state index < -0.39 is 9.84 Å². The lowest BCUT2D eigenvalue weighted by Gasteiger charge is -2.25. The molecule has 0 aliphatic heterocycles. The van der Waals surface area contributed by atoms with Crippen LogP contribution in [0.4, 0.5) is 0 Å². The average Bonchev–Trinajstić information content (AvgIpc) is 2.63. The number of amides is 1. The molecular formula is C11H22N2O3S. The molecule has 1 aliphatic rings. The third kappa shape index (κ3) is 3.67. The van der Waals surface area contributed by atoms with Crippen molar-refractivity contribution in [3.8, 4) is 0 Å². The number of nitrogens with zero attached hydrogens (tertiary/aromatic N) is 1. The van der Waals surface area contributed by atoms with Crippen LogP contribution in [0.2, 0.25) is 0 Å². The fourth-order valence-corrected chi connectivity index (χ4v) is 3.82. The third-order valence-electron chi connectivity index (χ3n) is 3.28. The normalized spacial score (nSPS) is 26.8. The van der Waals surface area contributed by atoms with Crippen LogP contribution in [0.15, 0.2) is 0 Å². The molecule has 5 nitrogen and oxygen atoms in total. The number of carbonyl (C=O) groups is 1. The monoisotopic (exact) mass is 262 g/mol. The van der Waals surface area contributed by atoms with Crippen LogP contribution in [-0.4, -0.2) is 56.9 Å². The summed E-state index contributed by atoms with van der Waals surface area (Å²) in [6.07, 6.45) is 3.69. The van der Waals surface area contributed by atoms with Crippen molar-refractivity contribution in [2.75, 3.05) is 20.4 Å². The molecule has 6 heteroatoms. The Kier molecular flexibility index (Phi) is 4.55. The Labute approximate surface area is 103 Å². The Morgan fingerprint density at radius 2 is 1.94 bits per heavy atom. The summed E-state index contributed by atoms with van der Waals surface area (Å²) in [6.45, 7) is 1.78. The van der Waals surface area contributed by atoms with Crippen LogP contribution in [-0.2, 0) is 14.6 Å². The minimum Gasteiger partial charge on any atom is -0.347 e. The molecule has 0 aromatic carbocycles. The first-order valence-corrected chi connectivity index (χ1v) is 7.85. The predicted octanol–water partition coefficient (Wildman–Crippen LogP) is 0.0184. The lowest BCUT2D eigenvalue weighted by atomic mass is 10.2. The predicted molar refractivity (Wildman–Crippen MR) is 67.6 cm³/mol. The van der Waals surface area contributed by atoms with Gasteiger partial charge in [0, 0.05) is 26.4 Å². The van der Waals surface area contributed by atoms with Crippen molar-refractivity contribution in [1.29, 1.82) is 0 Å². The molecule has 0 saturated heterocycles. The Hall–Kier alpha value is -0.620. The van der Waals surface area contributed by atoms with Gasteiger partial charge in [0.15, 0.2) is 9.84 Å². The highest BCUT2D eigenvalue weighted by atomic mass is 32.2. The van der Waals surface area contributed by atoms with Gasteiger partial charge in [-0.1, -0.05) is 6.42 Å². The molecule has 100 valence electrons. The molecular weight excluding hydrogens is 240 g/mol. The van der Waals surface area contributed by atoms with Gasteiger partial charge in [0.1, 0.15) is 0 Å². The lowest BCUT2D eigenvalue weighted by Crippen LogP contribution is -2.50. The molecule has 0 heterocycles. The zero-order valence-corrected chi connectivity index (χ0v) is 11.8. The molecule has 3 atom stereocenters. The molecule has 1 amide bonds. The van der Waals surface area contributed by atoms with E-state index in [1.54, 1.807) is 21.0 Å².